The number of benzene rings is 2. The van der Waals surface area contributed by atoms with Crippen LogP contribution in [-0.4, -0.2) is 29.3 Å². The van der Waals surface area contributed by atoms with Crippen molar-refractivity contribution in [1.29, 1.82) is 0 Å². The number of ether oxygens (including phenoxy) is 1. The number of rotatable bonds is 6. The fourth-order valence-corrected chi connectivity index (χ4v) is 3.52. The van der Waals surface area contributed by atoms with Gasteiger partial charge in [0.05, 0.1) is 13.2 Å². The van der Waals surface area contributed by atoms with Crippen molar-refractivity contribution in [2.45, 2.75) is 25.4 Å². The first-order valence-electron chi connectivity index (χ1n) is 9.04. The van der Waals surface area contributed by atoms with Crippen LogP contribution in [0.3, 0.4) is 0 Å². The smallest absolute Gasteiger partial charge is 0.399 e. The highest BCUT2D eigenvalue weighted by molar-refractivity contribution is 6.07. The Kier molecular flexibility index (Phi) is 5.55. The highest BCUT2D eigenvalue weighted by Crippen LogP contribution is 2.42. The molecule has 1 fully saturated rings. The number of carbonyl (C=O) groups is 3. The molecule has 142 valence electrons. The number of imide groups is 1. The van der Waals surface area contributed by atoms with E-state index in [1.54, 1.807) is 37.3 Å². The molecule has 2 amide bonds. The number of likely N-dealkylation sites (tertiary alicyclic amines) is 1. The molecule has 1 saturated heterocycles. The Labute approximate surface area is 163 Å². The molecule has 0 aliphatic carbocycles. The second-order valence-electron chi connectivity index (χ2n) is 6.53. The van der Waals surface area contributed by atoms with Crippen LogP contribution in [0.5, 0.6) is 0 Å². The van der Waals surface area contributed by atoms with Gasteiger partial charge in [0.25, 0.3) is 0 Å². The monoisotopic (exact) mass is 376 g/mol. The van der Waals surface area contributed by atoms with Gasteiger partial charge in [-0.05, 0) is 12.5 Å². The minimum atomic E-state index is -1.88. The van der Waals surface area contributed by atoms with Crippen molar-refractivity contribution in [3.05, 3.63) is 83.2 Å². The molecule has 0 spiro atoms. The van der Waals surface area contributed by atoms with E-state index in [-0.39, 0.29) is 19.6 Å². The van der Waals surface area contributed by atoms with Gasteiger partial charge in [-0.15, -0.1) is 0 Å². The highest BCUT2D eigenvalue weighted by Gasteiger charge is 2.63. The Morgan fingerprint density at radius 2 is 1.75 bits per heavy atom. The van der Waals surface area contributed by atoms with Crippen LogP contribution in [-0.2, 0) is 31.2 Å². The molecule has 2 aromatic carbocycles. The third-order valence-electron chi connectivity index (χ3n) is 4.91. The Morgan fingerprint density at radius 1 is 1.14 bits per heavy atom. The Bertz CT molecular complexity index is 921. The van der Waals surface area contributed by atoms with E-state index in [1.165, 1.54) is 0 Å². The fourth-order valence-electron chi connectivity index (χ4n) is 3.52. The largest absolute Gasteiger partial charge is 0.460 e. The third kappa shape index (κ3) is 3.27. The minimum Gasteiger partial charge on any atom is -0.460 e. The topological polar surface area (TPSA) is 68.0 Å². The maximum absolute atomic E-state index is 13.2. The normalized spacial score (nSPS) is 18.4. The van der Waals surface area contributed by atoms with Crippen molar-refractivity contribution >= 4 is 17.8 Å². The van der Waals surface area contributed by atoms with Gasteiger partial charge >= 0.3 is 11.5 Å². The van der Waals surface area contributed by atoms with Gasteiger partial charge in [-0.3, -0.25) is 19.3 Å². The summed E-state index contributed by atoms with van der Waals surface area (Å²) in [6, 6.07) is 17.5. The summed E-state index contributed by atoms with van der Waals surface area (Å²) < 4.78 is 5.17. The molecule has 0 N–H and O–H groups in total. The van der Waals surface area contributed by atoms with Crippen LogP contribution in [0.2, 0.25) is 0 Å². The average molecular weight is 376 g/mol. The number of hydrogen-bond acceptors (Lipinski definition) is 4. The summed E-state index contributed by atoms with van der Waals surface area (Å²) in [5, 5.41) is 0. The molecule has 0 saturated carbocycles. The number of amides is 2. The van der Waals surface area contributed by atoms with Crippen molar-refractivity contribution in [3.63, 3.8) is 0 Å². The van der Waals surface area contributed by atoms with Crippen molar-refractivity contribution in [1.82, 2.24) is 4.90 Å². The lowest BCUT2D eigenvalue weighted by Crippen LogP contribution is -2.45. The summed E-state index contributed by atoms with van der Waals surface area (Å²) in [5.41, 5.74) is -0.722. The molecule has 2 aromatic rings. The second-order valence-corrected chi connectivity index (χ2v) is 6.53. The highest BCUT2D eigenvalue weighted by atomic mass is 16.5. The Hall–Kier alpha value is -3.46. The van der Waals surface area contributed by atoms with Gasteiger partial charge < -0.3 is 4.74 Å². The van der Waals surface area contributed by atoms with Gasteiger partial charge in [0.1, 0.15) is 5.92 Å². The zero-order valence-electron chi connectivity index (χ0n) is 15.5. The molecule has 1 aliphatic rings. The lowest BCUT2D eigenvalue weighted by molar-refractivity contribution is -0.153. The van der Waals surface area contributed by atoms with E-state index in [4.69, 9.17) is 11.3 Å². The molecule has 0 aromatic heterocycles. The maximum atomic E-state index is 13.2. The van der Waals surface area contributed by atoms with Crippen molar-refractivity contribution in [2.24, 2.45) is 5.92 Å². The first kappa shape index (κ1) is 19.3. The summed E-state index contributed by atoms with van der Waals surface area (Å²) in [6.45, 7) is 9.63. The molecule has 1 heterocycles. The predicted octanol–water partition coefficient (Wildman–Crippen LogP) is 2.94. The molecule has 0 bridgehead atoms. The van der Waals surface area contributed by atoms with Crippen LogP contribution >= 0.6 is 0 Å². The maximum Gasteiger partial charge on any atom is 0.399 e. The van der Waals surface area contributed by atoms with Gasteiger partial charge in [0.15, 0.2) is 0 Å². The summed E-state index contributed by atoms with van der Waals surface area (Å²) >= 11 is 0. The first-order valence-corrected chi connectivity index (χ1v) is 9.04. The molecule has 2 atom stereocenters. The van der Waals surface area contributed by atoms with Crippen LogP contribution in [0.4, 0.5) is 0 Å². The van der Waals surface area contributed by atoms with E-state index >= 15 is 0 Å². The van der Waals surface area contributed by atoms with Crippen molar-refractivity contribution < 1.29 is 19.1 Å². The molecule has 3 rings (SSSR count). The molecule has 1 aliphatic heterocycles. The van der Waals surface area contributed by atoms with Gasteiger partial charge in [0.2, 0.25) is 11.8 Å². The van der Waals surface area contributed by atoms with E-state index in [0.717, 1.165) is 10.5 Å². The molecule has 6 heteroatoms. The standard InChI is InChI=1S/C22H20N2O4/c1-3-28-21(27)22(23-2,17-12-8-5-9-13-17)18-14-19(25)24(20(18)26)15-16-10-6-4-7-11-16/h4-13,18H,3,14-15H2,1H3/t18-,22-/m0/s1. The Balaban J connectivity index is 2.01. The van der Waals surface area contributed by atoms with Gasteiger partial charge in [-0.1, -0.05) is 60.7 Å². The van der Waals surface area contributed by atoms with E-state index in [9.17, 15) is 14.4 Å². The predicted molar refractivity (Wildman–Crippen MR) is 101 cm³/mol. The van der Waals surface area contributed by atoms with Crippen molar-refractivity contribution in [2.75, 3.05) is 6.61 Å². The Morgan fingerprint density at radius 3 is 2.32 bits per heavy atom. The minimum absolute atomic E-state index is 0.0749. The molecular formula is C22H20N2O4. The first-order chi connectivity index (χ1) is 13.5. The van der Waals surface area contributed by atoms with E-state index in [0.29, 0.717) is 5.56 Å². The average Bonchev–Trinajstić information content (AvgIpc) is 2.99. The molecule has 28 heavy (non-hydrogen) atoms. The molecule has 0 radical (unpaired) electrons. The van der Waals surface area contributed by atoms with Crippen molar-refractivity contribution in [3.8, 4) is 0 Å². The second kappa shape index (κ2) is 8.05. The van der Waals surface area contributed by atoms with E-state index in [1.807, 2.05) is 30.3 Å². The summed E-state index contributed by atoms with van der Waals surface area (Å²) in [5.74, 6) is -2.85. The lowest BCUT2D eigenvalue weighted by atomic mass is 9.77. The number of esters is 1. The molecule has 0 unspecified atom stereocenters. The van der Waals surface area contributed by atoms with Crippen LogP contribution < -0.4 is 0 Å². The quantitative estimate of drug-likeness (QED) is 0.442. The summed E-state index contributed by atoms with van der Waals surface area (Å²) in [7, 11) is 0. The molecule has 6 nitrogen and oxygen atoms in total. The summed E-state index contributed by atoms with van der Waals surface area (Å²) in [4.78, 5) is 43.4. The van der Waals surface area contributed by atoms with Crippen LogP contribution in [0.15, 0.2) is 60.7 Å². The molecular weight excluding hydrogens is 356 g/mol. The zero-order valence-corrected chi connectivity index (χ0v) is 15.5. The summed E-state index contributed by atoms with van der Waals surface area (Å²) in [6.07, 6.45) is -0.207. The third-order valence-corrected chi connectivity index (χ3v) is 4.91. The van der Waals surface area contributed by atoms with Crippen LogP contribution in [0.1, 0.15) is 24.5 Å². The van der Waals surface area contributed by atoms with Gasteiger partial charge in [0, 0.05) is 12.0 Å². The van der Waals surface area contributed by atoms with Gasteiger partial charge in [-0.2, -0.15) is 0 Å². The zero-order chi connectivity index (χ0) is 20.1. The number of hydrogen-bond donors (Lipinski definition) is 0. The van der Waals surface area contributed by atoms with E-state index in [2.05, 4.69) is 4.85 Å². The van der Waals surface area contributed by atoms with Crippen LogP contribution in [0.25, 0.3) is 4.85 Å². The lowest BCUT2D eigenvalue weighted by Gasteiger charge is -2.25. The van der Waals surface area contributed by atoms with Crippen LogP contribution in [0, 0.1) is 12.5 Å². The number of carbonyl (C=O) groups excluding carboxylic acids is 3. The number of nitrogens with zero attached hydrogens (tertiary/aromatic N) is 2. The van der Waals surface area contributed by atoms with Gasteiger partial charge in [-0.25, -0.2) is 11.4 Å². The SMILES string of the molecule is [C-]#[N+][C@@](C(=O)OCC)(c1ccccc1)[C@H]1CC(=O)N(Cc2ccccc2)C1=O. The van der Waals surface area contributed by atoms with E-state index < -0.39 is 29.2 Å². The fraction of sp³-hybridized carbons (Fsp3) is 0.273.